The molecule has 0 radical (unpaired) electrons. The minimum absolute atomic E-state index is 0.0159. The molecule has 1 fully saturated rings. The number of rotatable bonds is 36. The summed E-state index contributed by atoms with van der Waals surface area (Å²) in [7, 11) is 6.18. The van der Waals surface area contributed by atoms with E-state index in [4.69, 9.17) is 33.5 Å². The van der Waals surface area contributed by atoms with Crippen LogP contribution in [0, 0.1) is 23.7 Å². The zero-order valence-electron chi connectivity index (χ0n) is 44.1. The number of carboxylic acids is 2. The Balaban J connectivity index is 2.07. The number of ether oxygens (including phenoxy) is 6. The number of benzene rings is 1. The molecule has 20 nitrogen and oxygen atoms in total. The summed E-state index contributed by atoms with van der Waals surface area (Å²) in [6.45, 7) is 15.3. The summed E-state index contributed by atoms with van der Waals surface area (Å²) in [5.74, 6) is -5.60. The van der Waals surface area contributed by atoms with Gasteiger partial charge in [-0.15, -0.1) is 0 Å². The molecule has 1 aliphatic heterocycles. The van der Waals surface area contributed by atoms with Gasteiger partial charge in [-0.05, 0) is 36.2 Å². The number of carbonyl (C=O) groups excluding carboxylic acids is 5. The molecule has 4 N–H and O–H groups in total. The van der Waals surface area contributed by atoms with E-state index >= 15 is 0 Å². The van der Waals surface area contributed by atoms with E-state index in [2.05, 4.69) is 10.6 Å². The maximum absolute atomic E-state index is 14.6. The van der Waals surface area contributed by atoms with Crippen LogP contribution in [-0.4, -0.2) is 197 Å². The van der Waals surface area contributed by atoms with Crippen molar-refractivity contribution in [1.82, 2.24) is 25.3 Å². The molecule has 0 spiro atoms. The van der Waals surface area contributed by atoms with Crippen LogP contribution in [0.15, 0.2) is 30.3 Å². The van der Waals surface area contributed by atoms with E-state index in [1.807, 2.05) is 47.6 Å². The van der Waals surface area contributed by atoms with E-state index < -0.39 is 72.1 Å². The molecule has 0 aromatic heterocycles. The molecule has 0 saturated carbocycles. The minimum atomic E-state index is -1.16. The van der Waals surface area contributed by atoms with Gasteiger partial charge in [0.1, 0.15) is 18.1 Å². The first-order valence-electron chi connectivity index (χ1n) is 25.0. The van der Waals surface area contributed by atoms with Gasteiger partial charge in [-0.25, -0.2) is 4.79 Å². The second-order valence-corrected chi connectivity index (χ2v) is 18.9. The molecule has 2 rings (SSSR count). The zero-order valence-corrected chi connectivity index (χ0v) is 44.1. The molecular formula is C51H85N5O15. The van der Waals surface area contributed by atoms with E-state index in [9.17, 15) is 38.7 Å². The molecule has 1 aliphatic rings. The number of methoxy groups -OCH3 is 2. The van der Waals surface area contributed by atoms with Gasteiger partial charge in [-0.3, -0.25) is 28.8 Å². The van der Waals surface area contributed by atoms with Gasteiger partial charge in [-0.2, -0.15) is 0 Å². The van der Waals surface area contributed by atoms with E-state index in [0.29, 0.717) is 45.6 Å². The summed E-state index contributed by atoms with van der Waals surface area (Å²) in [5, 5.41) is 24.2. The highest BCUT2D eigenvalue weighted by Crippen LogP contribution is 2.30. The Morgan fingerprint density at radius 1 is 0.732 bits per heavy atom. The van der Waals surface area contributed by atoms with Crippen LogP contribution in [0.5, 0.6) is 0 Å². The molecule has 9 atom stereocenters. The molecule has 404 valence electrons. The number of hydrogen-bond acceptors (Lipinski definition) is 13. The van der Waals surface area contributed by atoms with Crippen LogP contribution < -0.4 is 10.6 Å². The fraction of sp³-hybridized carbons (Fsp3) is 0.745. The largest absolute Gasteiger partial charge is 0.481 e. The Bertz CT molecular complexity index is 1790. The Labute approximate surface area is 421 Å². The first-order valence-corrected chi connectivity index (χ1v) is 25.0. The highest BCUT2D eigenvalue weighted by Gasteiger charge is 2.44. The van der Waals surface area contributed by atoms with Crippen LogP contribution >= 0.6 is 0 Å². The Morgan fingerprint density at radius 3 is 1.79 bits per heavy atom. The smallest absolute Gasteiger partial charge is 0.326 e. The van der Waals surface area contributed by atoms with Crippen molar-refractivity contribution in [2.24, 2.45) is 23.7 Å². The van der Waals surface area contributed by atoms with Crippen LogP contribution in [0.25, 0.3) is 0 Å². The number of hydrogen-bond donors (Lipinski definition) is 4. The van der Waals surface area contributed by atoms with E-state index in [0.717, 1.165) is 5.56 Å². The van der Waals surface area contributed by atoms with Crippen LogP contribution in [0.2, 0.25) is 0 Å². The number of likely N-dealkylation sites (tertiary alicyclic amines) is 1. The lowest BCUT2D eigenvalue weighted by molar-refractivity contribution is -0.149. The monoisotopic (exact) mass is 1010 g/mol. The number of nitrogens with zero attached hydrogens (tertiary/aromatic N) is 3. The summed E-state index contributed by atoms with van der Waals surface area (Å²) in [4.78, 5) is 97.3. The molecular weight excluding hydrogens is 923 g/mol. The highest BCUT2D eigenvalue weighted by molar-refractivity contribution is 5.92. The first kappa shape index (κ1) is 62.4. The average Bonchev–Trinajstić information content (AvgIpc) is 3.82. The SMILES string of the molecule is CC[C@H](C)[C@@H]([C@@H](CC(=O)N1CCC[C@H]1[C@H](OC)[C@@H](C)C(=O)N[C@@H](Cc1ccccc1)C(=O)O)OC)N(C)C(=O)[C@@H](NC(=O)[C@H](C(C)C)N(C)C(=O)CCOCCOCCOCCOCCC(=O)O)C(C)C. The maximum Gasteiger partial charge on any atom is 0.326 e. The lowest BCUT2D eigenvalue weighted by Crippen LogP contribution is -2.60. The van der Waals surface area contributed by atoms with E-state index in [1.165, 1.54) is 19.1 Å². The second kappa shape index (κ2) is 33.1. The number of amides is 5. The molecule has 1 saturated heterocycles. The molecule has 1 heterocycles. The van der Waals surface area contributed by atoms with E-state index in [1.54, 1.807) is 55.1 Å². The third-order valence-corrected chi connectivity index (χ3v) is 13.1. The summed E-state index contributed by atoms with van der Waals surface area (Å²) in [5.41, 5.74) is 0.761. The summed E-state index contributed by atoms with van der Waals surface area (Å²) >= 11 is 0. The predicted octanol–water partition coefficient (Wildman–Crippen LogP) is 3.27. The normalized spacial score (nSPS) is 17.1. The molecule has 1 aromatic carbocycles. The maximum atomic E-state index is 14.6. The van der Waals surface area contributed by atoms with Crippen molar-refractivity contribution in [1.29, 1.82) is 0 Å². The summed E-state index contributed by atoms with van der Waals surface area (Å²) < 4.78 is 33.6. The molecule has 5 amide bonds. The van der Waals surface area contributed by atoms with Crippen molar-refractivity contribution in [3.05, 3.63) is 35.9 Å². The third kappa shape index (κ3) is 20.7. The molecule has 0 unspecified atom stereocenters. The number of likely N-dealkylation sites (N-methyl/N-ethyl adjacent to an activating group) is 2. The summed E-state index contributed by atoms with van der Waals surface area (Å²) in [6.07, 6.45) is 0.346. The topological polar surface area (TPSA) is 249 Å². The Hall–Kier alpha value is -4.73. The summed E-state index contributed by atoms with van der Waals surface area (Å²) in [6, 6.07) is 4.92. The number of aliphatic carboxylic acids is 2. The quantitative estimate of drug-likeness (QED) is 0.0705. The second-order valence-electron chi connectivity index (χ2n) is 18.9. The fourth-order valence-electron chi connectivity index (χ4n) is 8.97. The van der Waals surface area contributed by atoms with Gasteiger partial charge in [0, 0.05) is 41.3 Å². The van der Waals surface area contributed by atoms with Crippen molar-refractivity contribution in [3.63, 3.8) is 0 Å². The molecule has 0 aliphatic carbocycles. The lowest BCUT2D eigenvalue weighted by Gasteiger charge is -2.41. The molecule has 20 heteroatoms. The van der Waals surface area contributed by atoms with Gasteiger partial charge in [0.2, 0.25) is 29.5 Å². The van der Waals surface area contributed by atoms with Gasteiger partial charge >= 0.3 is 11.9 Å². The van der Waals surface area contributed by atoms with Gasteiger partial charge in [-0.1, -0.05) is 85.2 Å². The van der Waals surface area contributed by atoms with Gasteiger partial charge < -0.3 is 64.0 Å². The van der Waals surface area contributed by atoms with Gasteiger partial charge in [0.05, 0.1) is 102 Å². The standard InChI is InChI=1S/C51H85N5O15/c1-12-35(6)46(40(66-10)32-42(58)56-22-16-19-39(56)47(67-11)36(7)48(61)52-38(51(64)65)31-37-17-14-13-15-18-37)55(9)50(63)44(33(2)3)53-49(62)45(34(4)5)54(8)41(57)20-23-68-25-27-70-29-30-71-28-26-69-24-21-43(59)60/h13-15,17-18,33-36,38-40,44-47H,12,16,19-32H2,1-11H3,(H,52,61)(H,53,62)(H,59,60)(H,64,65)/t35-,36+,38-,39-,40+,44-,45-,46-,47+/m0/s1. The number of carbonyl (C=O) groups is 7. The van der Waals surface area contributed by atoms with Crippen LogP contribution in [-0.2, 0) is 68.4 Å². The predicted molar refractivity (Wildman–Crippen MR) is 264 cm³/mol. The van der Waals surface area contributed by atoms with Crippen LogP contribution in [0.4, 0.5) is 0 Å². The Morgan fingerprint density at radius 2 is 1.30 bits per heavy atom. The first-order chi connectivity index (χ1) is 33.7. The van der Waals surface area contributed by atoms with Crippen molar-refractivity contribution in [2.45, 2.75) is 136 Å². The highest BCUT2D eigenvalue weighted by atomic mass is 16.6. The van der Waals surface area contributed by atoms with Crippen LogP contribution in [0.1, 0.15) is 92.6 Å². The molecule has 71 heavy (non-hydrogen) atoms. The molecule has 0 bridgehead atoms. The van der Waals surface area contributed by atoms with Crippen molar-refractivity contribution < 1.29 is 72.2 Å². The molecule has 1 aromatic rings. The average molecular weight is 1010 g/mol. The van der Waals surface area contributed by atoms with Crippen molar-refractivity contribution in [3.8, 4) is 0 Å². The van der Waals surface area contributed by atoms with Crippen LogP contribution in [0.3, 0.4) is 0 Å². The van der Waals surface area contributed by atoms with Gasteiger partial charge in [0.25, 0.3) is 0 Å². The lowest BCUT2D eigenvalue weighted by atomic mass is 9.89. The Kier molecular flexibility index (Phi) is 29.1. The number of carboxylic acid groups (broad SMARTS) is 2. The van der Waals surface area contributed by atoms with Crippen molar-refractivity contribution >= 4 is 41.5 Å². The number of nitrogens with one attached hydrogen (secondary N) is 2. The minimum Gasteiger partial charge on any atom is -0.481 e. The van der Waals surface area contributed by atoms with Gasteiger partial charge in [0.15, 0.2) is 0 Å². The van der Waals surface area contributed by atoms with Crippen molar-refractivity contribution in [2.75, 3.05) is 87.7 Å². The van der Waals surface area contributed by atoms with E-state index in [-0.39, 0.29) is 94.2 Å². The third-order valence-electron chi connectivity index (χ3n) is 13.1. The fourth-order valence-corrected chi connectivity index (χ4v) is 8.97. The zero-order chi connectivity index (χ0) is 53.2.